The molecule has 26 heavy (non-hydrogen) atoms. The molecule has 0 unspecified atom stereocenters. The van der Waals surface area contributed by atoms with Crippen LogP contribution in [0.3, 0.4) is 0 Å². The first-order valence-electron chi connectivity index (χ1n) is 8.19. The maximum absolute atomic E-state index is 12.7. The number of benzene rings is 1. The lowest BCUT2D eigenvalue weighted by Gasteiger charge is -2.28. The van der Waals surface area contributed by atoms with Gasteiger partial charge < -0.3 is 9.64 Å². The van der Waals surface area contributed by atoms with Crippen molar-refractivity contribution in [3.63, 3.8) is 0 Å². The van der Waals surface area contributed by atoms with Crippen LogP contribution in [0.15, 0.2) is 47.2 Å². The third-order valence-electron chi connectivity index (χ3n) is 4.16. The minimum Gasteiger partial charge on any atom is -0.455 e. The van der Waals surface area contributed by atoms with E-state index in [1.807, 2.05) is 22.9 Å². The molecule has 138 valence electrons. The van der Waals surface area contributed by atoms with Gasteiger partial charge in [-0.25, -0.2) is 8.42 Å². The van der Waals surface area contributed by atoms with Gasteiger partial charge in [0, 0.05) is 5.69 Å². The zero-order valence-corrected chi connectivity index (χ0v) is 15.7. The van der Waals surface area contributed by atoms with Crippen LogP contribution in [0.2, 0.25) is 0 Å². The number of carbonyl (C=O) groups is 2. The van der Waals surface area contributed by atoms with Crippen LogP contribution in [-0.2, 0) is 30.6 Å². The maximum Gasteiger partial charge on any atom is 0.310 e. The highest BCUT2D eigenvalue weighted by Gasteiger charge is 2.35. The van der Waals surface area contributed by atoms with Crippen LogP contribution >= 0.6 is 11.3 Å². The Morgan fingerprint density at radius 2 is 1.96 bits per heavy atom. The molecule has 0 N–H and O–H groups in total. The smallest absolute Gasteiger partial charge is 0.310 e. The Kier molecular flexibility index (Phi) is 5.73. The predicted molar refractivity (Wildman–Crippen MR) is 100.0 cm³/mol. The van der Waals surface area contributed by atoms with Crippen molar-refractivity contribution in [1.82, 2.24) is 0 Å². The van der Waals surface area contributed by atoms with E-state index in [-0.39, 0.29) is 17.9 Å². The number of sulfone groups is 1. The van der Waals surface area contributed by atoms with E-state index in [1.54, 1.807) is 24.3 Å². The Bertz CT molecular complexity index is 862. The molecule has 0 spiro atoms. The number of esters is 1. The van der Waals surface area contributed by atoms with Crippen LogP contribution in [0.1, 0.15) is 12.0 Å². The van der Waals surface area contributed by atoms with E-state index in [1.165, 1.54) is 16.2 Å². The summed E-state index contributed by atoms with van der Waals surface area (Å²) in [7, 11) is -3.15. The number of hydrogen-bond donors (Lipinski definition) is 0. The van der Waals surface area contributed by atoms with Crippen molar-refractivity contribution in [2.45, 2.75) is 18.9 Å². The third kappa shape index (κ3) is 4.70. The van der Waals surface area contributed by atoms with Crippen molar-refractivity contribution >= 4 is 38.7 Å². The fraction of sp³-hybridized carbons (Fsp3) is 0.333. The van der Waals surface area contributed by atoms with Gasteiger partial charge in [-0.2, -0.15) is 11.3 Å². The number of nitrogens with zero attached hydrogens (tertiary/aromatic N) is 1. The zero-order valence-electron chi connectivity index (χ0n) is 14.0. The second kappa shape index (κ2) is 8.01. The Labute approximate surface area is 156 Å². The third-order valence-corrected chi connectivity index (χ3v) is 6.64. The molecule has 0 bridgehead atoms. The molecule has 1 amide bonds. The van der Waals surface area contributed by atoms with Crippen molar-refractivity contribution in [2.24, 2.45) is 0 Å². The van der Waals surface area contributed by atoms with E-state index in [0.29, 0.717) is 12.1 Å². The fourth-order valence-corrected chi connectivity index (χ4v) is 5.32. The van der Waals surface area contributed by atoms with Crippen LogP contribution in [-0.4, -0.2) is 44.4 Å². The van der Waals surface area contributed by atoms with Crippen LogP contribution in [0, 0.1) is 0 Å². The van der Waals surface area contributed by atoms with Gasteiger partial charge in [-0.15, -0.1) is 0 Å². The minimum atomic E-state index is -3.15. The van der Waals surface area contributed by atoms with Crippen molar-refractivity contribution < 1.29 is 22.7 Å². The van der Waals surface area contributed by atoms with Crippen LogP contribution < -0.4 is 4.90 Å². The summed E-state index contributed by atoms with van der Waals surface area (Å²) in [6.07, 6.45) is 0.492. The summed E-state index contributed by atoms with van der Waals surface area (Å²) in [6.45, 7) is -0.408. The molecule has 8 heteroatoms. The molecule has 2 aromatic rings. The van der Waals surface area contributed by atoms with E-state index in [4.69, 9.17) is 4.74 Å². The van der Waals surface area contributed by atoms with Gasteiger partial charge in [0.2, 0.25) is 0 Å². The molecular formula is C18H19NO5S2. The molecule has 0 saturated carbocycles. The number of hydrogen-bond acceptors (Lipinski definition) is 6. The van der Waals surface area contributed by atoms with E-state index in [0.717, 1.165) is 5.56 Å². The lowest BCUT2D eigenvalue weighted by atomic mass is 10.2. The molecule has 2 heterocycles. The van der Waals surface area contributed by atoms with Gasteiger partial charge >= 0.3 is 5.97 Å². The number of carbonyl (C=O) groups excluding carboxylic acids is 2. The minimum absolute atomic E-state index is 0.0617. The molecule has 1 aliphatic heterocycles. The van der Waals surface area contributed by atoms with Crippen LogP contribution in [0.4, 0.5) is 5.69 Å². The second-order valence-corrected chi connectivity index (χ2v) is 9.13. The summed E-state index contributed by atoms with van der Waals surface area (Å²) in [5.41, 5.74) is 1.45. The molecule has 1 fully saturated rings. The first-order chi connectivity index (χ1) is 12.4. The molecule has 0 aliphatic carbocycles. The first kappa shape index (κ1) is 18.6. The lowest BCUT2D eigenvalue weighted by molar-refractivity contribution is -0.147. The maximum atomic E-state index is 12.7. The molecule has 1 saturated heterocycles. The van der Waals surface area contributed by atoms with Gasteiger partial charge in [-0.05, 0) is 40.9 Å². The van der Waals surface area contributed by atoms with E-state index in [9.17, 15) is 18.0 Å². The predicted octanol–water partition coefficient (Wildman–Crippen LogP) is 2.05. The molecule has 1 aliphatic rings. The number of ether oxygens (including phenoxy) is 1. The summed E-state index contributed by atoms with van der Waals surface area (Å²) in [6, 6.07) is 10.3. The van der Waals surface area contributed by atoms with Gasteiger partial charge in [0.1, 0.15) is 0 Å². The second-order valence-electron chi connectivity index (χ2n) is 6.13. The molecule has 1 atom stereocenters. The van der Waals surface area contributed by atoms with E-state index >= 15 is 0 Å². The quantitative estimate of drug-likeness (QED) is 0.702. The summed E-state index contributed by atoms with van der Waals surface area (Å²) in [5, 5.41) is 3.72. The topological polar surface area (TPSA) is 80.8 Å². The van der Waals surface area contributed by atoms with Gasteiger partial charge in [0.15, 0.2) is 16.4 Å². The highest BCUT2D eigenvalue weighted by Crippen LogP contribution is 2.24. The van der Waals surface area contributed by atoms with Crippen LogP contribution in [0.25, 0.3) is 0 Å². The Hall–Kier alpha value is -2.19. The molecular weight excluding hydrogens is 374 g/mol. The van der Waals surface area contributed by atoms with Crippen molar-refractivity contribution in [3.05, 3.63) is 52.7 Å². The molecule has 1 aromatic heterocycles. The van der Waals surface area contributed by atoms with Gasteiger partial charge in [-0.3, -0.25) is 9.59 Å². The number of anilines is 1. The standard InChI is InChI=1S/C18H19NO5S2/c20-17(11-24-18(21)10-14-6-8-25-12-14)19(15-4-2-1-3-5-15)16-7-9-26(22,23)13-16/h1-6,8,12,16H,7,9-11,13H2/t16-/m1/s1. The van der Waals surface area contributed by atoms with Crippen molar-refractivity contribution in [3.8, 4) is 0 Å². The monoisotopic (exact) mass is 393 g/mol. The average molecular weight is 393 g/mol. The molecule has 3 rings (SSSR count). The Morgan fingerprint density at radius 3 is 2.58 bits per heavy atom. The van der Waals surface area contributed by atoms with Crippen molar-refractivity contribution in [2.75, 3.05) is 23.0 Å². The summed E-state index contributed by atoms with van der Waals surface area (Å²) in [5.74, 6) is -0.913. The zero-order chi connectivity index (χ0) is 18.6. The normalized spacial score (nSPS) is 18.4. The number of amides is 1. The van der Waals surface area contributed by atoms with Gasteiger partial charge in [0.05, 0.1) is 24.0 Å². The number of thiophene rings is 1. The average Bonchev–Trinajstić information content (AvgIpc) is 3.24. The van der Waals surface area contributed by atoms with E-state index < -0.39 is 34.4 Å². The highest BCUT2D eigenvalue weighted by atomic mass is 32.2. The molecule has 1 aromatic carbocycles. The number of rotatable bonds is 6. The van der Waals surface area contributed by atoms with Crippen molar-refractivity contribution in [1.29, 1.82) is 0 Å². The summed E-state index contributed by atoms with van der Waals surface area (Å²) < 4.78 is 28.8. The summed E-state index contributed by atoms with van der Waals surface area (Å²) in [4.78, 5) is 26.1. The SMILES string of the molecule is O=C(Cc1ccsc1)OCC(=O)N(c1ccccc1)[C@@H]1CCS(=O)(=O)C1. The summed E-state index contributed by atoms with van der Waals surface area (Å²) >= 11 is 1.48. The fourth-order valence-electron chi connectivity index (χ4n) is 2.95. The Balaban J connectivity index is 1.68. The van der Waals surface area contributed by atoms with Gasteiger partial charge in [0.25, 0.3) is 5.91 Å². The van der Waals surface area contributed by atoms with Gasteiger partial charge in [-0.1, -0.05) is 18.2 Å². The molecule has 0 radical (unpaired) electrons. The first-order valence-corrected chi connectivity index (χ1v) is 11.0. The molecule has 6 nitrogen and oxygen atoms in total. The highest BCUT2D eigenvalue weighted by molar-refractivity contribution is 7.91. The lowest BCUT2D eigenvalue weighted by Crippen LogP contribution is -2.43. The van der Waals surface area contributed by atoms with E-state index in [2.05, 4.69) is 0 Å². The Morgan fingerprint density at radius 1 is 1.19 bits per heavy atom. The van der Waals surface area contributed by atoms with Crippen LogP contribution in [0.5, 0.6) is 0 Å². The largest absolute Gasteiger partial charge is 0.455 e. The number of para-hydroxylation sites is 1.